The maximum atomic E-state index is 11.9. The van der Waals surface area contributed by atoms with E-state index < -0.39 is 0 Å². The number of carbonyl (C=O) groups excluding carboxylic acids is 1. The molecule has 2 unspecified atom stereocenters. The van der Waals surface area contributed by atoms with E-state index in [9.17, 15) is 4.79 Å². The summed E-state index contributed by atoms with van der Waals surface area (Å²) < 4.78 is 0. The molecule has 0 aromatic carbocycles. The molecule has 1 rings (SSSR count). The zero-order chi connectivity index (χ0) is 13.4. The van der Waals surface area contributed by atoms with E-state index in [1.165, 1.54) is 0 Å². The van der Waals surface area contributed by atoms with Gasteiger partial charge in [0.1, 0.15) is 0 Å². The van der Waals surface area contributed by atoms with Crippen LogP contribution in [0.3, 0.4) is 0 Å². The first-order chi connectivity index (χ1) is 8.67. The predicted molar refractivity (Wildman–Crippen MR) is 89.8 cm³/mol. The minimum Gasteiger partial charge on any atom is -0.356 e. The molecule has 0 spiro atoms. The van der Waals surface area contributed by atoms with Crippen molar-refractivity contribution in [3.8, 4) is 0 Å². The van der Waals surface area contributed by atoms with Crippen LogP contribution in [0.4, 0.5) is 0 Å². The van der Waals surface area contributed by atoms with Gasteiger partial charge in [-0.1, -0.05) is 20.3 Å². The van der Waals surface area contributed by atoms with Gasteiger partial charge in [0.2, 0.25) is 5.91 Å². The molecule has 20 heavy (non-hydrogen) atoms. The highest BCUT2D eigenvalue weighted by atomic mass is 35.5. The lowest BCUT2D eigenvalue weighted by Gasteiger charge is -2.25. The third-order valence-corrected chi connectivity index (χ3v) is 3.93. The van der Waals surface area contributed by atoms with Crippen LogP contribution >= 0.6 is 24.8 Å². The van der Waals surface area contributed by atoms with Crippen LogP contribution in [-0.2, 0) is 4.79 Å². The summed E-state index contributed by atoms with van der Waals surface area (Å²) in [7, 11) is 0. The minimum atomic E-state index is 0. The Morgan fingerprint density at radius 2 is 1.90 bits per heavy atom. The van der Waals surface area contributed by atoms with Gasteiger partial charge in [0.05, 0.1) is 0 Å². The molecule has 0 heterocycles. The number of carbonyl (C=O) groups is 1. The van der Waals surface area contributed by atoms with Gasteiger partial charge in [-0.15, -0.1) is 24.8 Å². The van der Waals surface area contributed by atoms with Crippen LogP contribution in [0.15, 0.2) is 0 Å². The lowest BCUT2D eigenvalue weighted by molar-refractivity contribution is -0.126. The number of hydrogen-bond donors (Lipinski definition) is 2. The third kappa shape index (κ3) is 8.30. The second kappa shape index (κ2) is 12.7. The van der Waals surface area contributed by atoms with Crippen molar-refractivity contribution >= 4 is 30.7 Å². The Bertz CT molecular complexity index is 251. The van der Waals surface area contributed by atoms with Crippen LogP contribution < -0.4 is 11.1 Å². The Balaban J connectivity index is 0. The van der Waals surface area contributed by atoms with Crippen LogP contribution in [0.1, 0.15) is 46.0 Å². The lowest BCUT2D eigenvalue weighted by atomic mass is 9.85. The van der Waals surface area contributed by atoms with E-state index in [0.29, 0.717) is 0 Å². The Hall–Kier alpha value is -0.0300. The molecule has 4 nitrogen and oxygen atoms in total. The summed E-state index contributed by atoms with van der Waals surface area (Å²) in [6.45, 7) is 8.37. The highest BCUT2D eigenvalue weighted by Crippen LogP contribution is 2.22. The molecule has 1 aliphatic rings. The number of hydrogen-bond acceptors (Lipinski definition) is 3. The van der Waals surface area contributed by atoms with E-state index in [1.807, 2.05) is 0 Å². The van der Waals surface area contributed by atoms with E-state index in [0.717, 1.165) is 58.3 Å². The number of nitrogens with zero attached hydrogens (tertiary/aromatic N) is 1. The fraction of sp³-hybridized carbons (Fsp3) is 0.929. The van der Waals surface area contributed by atoms with E-state index in [-0.39, 0.29) is 42.7 Å². The Morgan fingerprint density at radius 3 is 2.45 bits per heavy atom. The molecule has 122 valence electrons. The smallest absolute Gasteiger partial charge is 0.223 e. The maximum Gasteiger partial charge on any atom is 0.223 e. The van der Waals surface area contributed by atoms with Gasteiger partial charge >= 0.3 is 0 Å². The summed E-state index contributed by atoms with van der Waals surface area (Å²) in [6, 6.07) is 0.227. The largest absolute Gasteiger partial charge is 0.356 e. The quantitative estimate of drug-likeness (QED) is 0.705. The van der Waals surface area contributed by atoms with E-state index in [1.54, 1.807) is 0 Å². The van der Waals surface area contributed by atoms with Crippen LogP contribution in [0.5, 0.6) is 0 Å². The standard InChI is InChI=1S/C14H29N3O.2ClH/c1-3-17(4-2)10-6-9-16-14(18)12-7-5-8-13(15)11-12;;/h12-13H,3-11,15H2,1-2H3,(H,16,18);2*1H. The van der Waals surface area contributed by atoms with Crippen molar-refractivity contribution in [2.24, 2.45) is 11.7 Å². The number of amides is 1. The molecule has 0 bridgehead atoms. The van der Waals surface area contributed by atoms with Gasteiger partial charge in [-0.2, -0.15) is 0 Å². The summed E-state index contributed by atoms with van der Waals surface area (Å²) in [6.07, 6.45) is 5.08. The van der Waals surface area contributed by atoms with Crippen molar-refractivity contribution < 1.29 is 4.79 Å². The van der Waals surface area contributed by atoms with Crippen molar-refractivity contribution in [3.05, 3.63) is 0 Å². The van der Waals surface area contributed by atoms with Crippen LogP contribution in [0, 0.1) is 5.92 Å². The number of nitrogens with two attached hydrogens (primary N) is 1. The van der Waals surface area contributed by atoms with Gasteiger partial charge in [-0.05, 0) is 45.3 Å². The molecular weight excluding hydrogens is 297 g/mol. The van der Waals surface area contributed by atoms with Crippen molar-refractivity contribution in [2.75, 3.05) is 26.2 Å². The second-order valence-electron chi connectivity index (χ2n) is 5.30. The molecular formula is C14H31Cl2N3O. The molecule has 3 N–H and O–H groups in total. The van der Waals surface area contributed by atoms with Gasteiger partial charge in [0.25, 0.3) is 0 Å². The lowest BCUT2D eigenvalue weighted by Crippen LogP contribution is -2.38. The highest BCUT2D eigenvalue weighted by Gasteiger charge is 2.24. The summed E-state index contributed by atoms with van der Waals surface area (Å²) in [4.78, 5) is 14.3. The molecule has 1 saturated carbocycles. The molecule has 0 aliphatic heterocycles. The van der Waals surface area contributed by atoms with Gasteiger partial charge in [-0.3, -0.25) is 4.79 Å². The van der Waals surface area contributed by atoms with Crippen molar-refractivity contribution in [1.29, 1.82) is 0 Å². The predicted octanol–water partition coefficient (Wildman–Crippen LogP) is 2.20. The van der Waals surface area contributed by atoms with Gasteiger partial charge < -0.3 is 16.0 Å². The van der Waals surface area contributed by atoms with Crippen molar-refractivity contribution in [3.63, 3.8) is 0 Å². The molecule has 2 atom stereocenters. The average Bonchev–Trinajstić information content (AvgIpc) is 2.38. The maximum absolute atomic E-state index is 11.9. The molecule has 6 heteroatoms. The molecule has 1 aliphatic carbocycles. The number of rotatable bonds is 7. The topological polar surface area (TPSA) is 58.4 Å². The minimum absolute atomic E-state index is 0. The second-order valence-corrected chi connectivity index (χ2v) is 5.30. The molecule has 0 aromatic rings. The third-order valence-electron chi connectivity index (χ3n) is 3.93. The molecule has 0 saturated heterocycles. The average molecular weight is 328 g/mol. The van der Waals surface area contributed by atoms with E-state index in [4.69, 9.17) is 5.73 Å². The zero-order valence-electron chi connectivity index (χ0n) is 12.8. The summed E-state index contributed by atoms with van der Waals surface area (Å²) in [5.41, 5.74) is 5.91. The summed E-state index contributed by atoms with van der Waals surface area (Å²) in [5, 5.41) is 3.06. The molecule has 0 radical (unpaired) electrons. The summed E-state index contributed by atoms with van der Waals surface area (Å²) in [5.74, 6) is 0.368. The zero-order valence-corrected chi connectivity index (χ0v) is 14.4. The van der Waals surface area contributed by atoms with E-state index >= 15 is 0 Å². The van der Waals surface area contributed by atoms with Gasteiger partial charge in [-0.25, -0.2) is 0 Å². The first kappa shape index (κ1) is 22.3. The first-order valence-corrected chi connectivity index (χ1v) is 7.43. The number of halogens is 2. The Morgan fingerprint density at radius 1 is 1.25 bits per heavy atom. The fourth-order valence-corrected chi connectivity index (χ4v) is 2.66. The fourth-order valence-electron chi connectivity index (χ4n) is 2.66. The monoisotopic (exact) mass is 327 g/mol. The molecule has 1 amide bonds. The first-order valence-electron chi connectivity index (χ1n) is 7.43. The normalized spacial score (nSPS) is 21.8. The van der Waals surface area contributed by atoms with Crippen molar-refractivity contribution in [1.82, 2.24) is 10.2 Å². The van der Waals surface area contributed by atoms with Gasteiger partial charge in [0.15, 0.2) is 0 Å². The van der Waals surface area contributed by atoms with Crippen LogP contribution in [0.2, 0.25) is 0 Å². The summed E-state index contributed by atoms with van der Waals surface area (Å²) >= 11 is 0. The number of nitrogens with one attached hydrogen (secondary N) is 1. The van der Waals surface area contributed by atoms with Crippen molar-refractivity contribution in [2.45, 2.75) is 52.0 Å². The van der Waals surface area contributed by atoms with Crippen LogP contribution in [0.25, 0.3) is 0 Å². The highest BCUT2D eigenvalue weighted by molar-refractivity contribution is 5.85. The SMILES string of the molecule is CCN(CC)CCCNC(=O)C1CCCC(N)C1.Cl.Cl. The van der Waals surface area contributed by atoms with E-state index in [2.05, 4.69) is 24.1 Å². The Kier molecular flexibility index (Phi) is 14.1. The Labute approximate surface area is 136 Å². The molecule has 0 aromatic heterocycles. The van der Waals surface area contributed by atoms with Gasteiger partial charge in [0, 0.05) is 18.5 Å². The molecule has 1 fully saturated rings. The van der Waals surface area contributed by atoms with Crippen LogP contribution in [-0.4, -0.2) is 43.0 Å².